The fourth-order valence-electron chi connectivity index (χ4n) is 3.96. The first kappa shape index (κ1) is 21.7. The molecule has 0 saturated carbocycles. The first-order valence-corrected chi connectivity index (χ1v) is 10.3. The van der Waals surface area contributed by atoms with Crippen molar-refractivity contribution in [2.45, 2.75) is 26.0 Å². The number of hydrogen-bond donors (Lipinski definition) is 1. The molecule has 8 heteroatoms. The molecule has 4 rings (SSSR count). The molecule has 8 nitrogen and oxygen atoms in total. The number of methoxy groups -OCH3 is 3. The van der Waals surface area contributed by atoms with Crippen molar-refractivity contribution in [3.63, 3.8) is 0 Å². The van der Waals surface area contributed by atoms with Crippen LogP contribution < -0.4 is 14.2 Å². The predicted octanol–water partition coefficient (Wildman–Crippen LogP) is 3.62. The summed E-state index contributed by atoms with van der Waals surface area (Å²) < 4.78 is 21.4. The number of aromatic nitrogens is 1. The van der Waals surface area contributed by atoms with Gasteiger partial charge in [0.05, 0.1) is 21.3 Å². The molecule has 0 saturated heterocycles. The molecule has 2 aromatic carbocycles. The molecule has 0 bridgehead atoms. The summed E-state index contributed by atoms with van der Waals surface area (Å²) in [4.78, 5) is 15.4. The number of fused-ring (bicyclic) bond motifs is 1. The summed E-state index contributed by atoms with van der Waals surface area (Å²) >= 11 is 0. The third-order valence-corrected chi connectivity index (χ3v) is 5.68. The van der Waals surface area contributed by atoms with E-state index in [0.717, 1.165) is 11.1 Å². The number of benzene rings is 2. The fraction of sp³-hybridized carbons (Fsp3) is 0.333. The first-order valence-electron chi connectivity index (χ1n) is 10.3. The summed E-state index contributed by atoms with van der Waals surface area (Å²) in [7, 11) is 4.78. The molecule has 1 amide bonds. The molecule has 0 unspecified atom stereocenters. The normalized spacial score (nSPS) is 14.0. The molecule has 0 radical (unpaired) electrons. The number of aliphatic hydroxyl groups excluding tert-OH is 1. The van der Waals surface area contributed by atoms with Gasteiger partial charge in [0.2, 0.25) is 0 Å². The van der Waals surface area contributed by atoms with Crippen LogP contribution in [0.15, 0.2) is 40.9 Å². The second kappa shape index (κ2) is 8.92. The van der Waals surface area contributed by atoms with E-state index in [2.05, 4.69) is 5.16 Å². The van der Waals surface area contributed by atoms with Crippen LogP contribution in [0.4, 0.5) is 0 Å². The second-order valence-corrected chi connectivity index (χ2v) is 7.63. The van der Waals surface area contributed by atoms with Crippen LogP contribution in [-0.4, -0.2) is 48.9 Å². The van der Waals surface area contributed by atoms with Gasteiger partial charge in [0, 0.05) is 18.7 Å². The van der Waals surface area contributed by atoms with Crippen molar-refractivity contribution in [2.75, 3.05) is 27.9 Å². The molecule has 0 fully saturated rings. The highest BCUT2D eigenvalue weighted by Crippen LogP contribution is 2.35. The minimum absolute atomic E-state index is 0.152. The summed E-state index contributed by atoms with van der Waals surface area (Å²) in [6.45, 7) is 2.48. The van der Waals surface area contributed by atoms with Gasteiger partial charge in [-0.25, -0.2) is 0 Å². The molecule has 0 aliphatic carbocycles. The second-order valence-electron chi connectivity index (χ2n) is 7.63. The molecular formula is C24H26N2O6. The van der Waals surface area contributed by atoms with E-state index < -0.39 is 6.10 Å². The van der Waals surface area contributed by atoms with E-state index >= 15 is 0 Å². The molecule has 168 valence electrons. The molecule has 2 heterocycles. The maximum atomic E-state index is 13.6. The number of rotatable bonds is 6. The third-order valence-electron chi connectivity index (χ3n) is 5.68. The van der Waals surface area contributed by atoms with E-state index in [4.69, 9.17) is 18.7 Å². The lowest BCUT2D eigenvalue weighted by atomic mass is 9.97. The largest absolute Gasteiger partial charge is 0.497 e. The first-order chi connectivity index (χ1) is 15.5. The predicted molar refractivity (Wildman–Crippen MR) is 117 cm³/mol. The topological polar surface area (TPSA) is 94.3 Å². The maximum absolute atomic E-state index is 13.6. The Morgan fingerprint density at radius 2 is 1.72 bits per heavy atom. The number of amides is 1. The lowest BCUT2D eigenvalue weighted by molar-refractivity contribution is 0.0723. The number of aliphatic hydroxyl groups is 1. The summed E-state index contributed by atoms with van der Waals surface area (Å²) in [5.41, 5.74) is 3.47. The van der Waals surface area contributed by atoms with E-state index in [1.165, 1.54) is 0 Å². The van der Waals surface area contributed by atoms with Gasteiger partial charge in [-0.3, -0.25) is 4.79 Å². The fourth-order valence-corrected chi connectivity index (χ4v) is 3.96. The van der Waals surface area contributed by atoms with Gasteiger partial charge < -0.3 is 28.7 Å². The van der Waals surface area contributed by atoms with E-state index in [9.17, 15) is 9.90 Å². The van der Waals surface area contributed by atoms with Crippen LogP contribution in [0.1, 0.15) is 40.3 Å². The Morgan fingerprint density at radius 3 is 2.31 bits per heavy atom. The Labute approximate surface area is 186 Å². The highest BCUT2D eigenvalue weighted by atomic mass is 16.5. The zero-order valence-corrected chi connectivity index (χ0v) is 18.5. The van der Waals surface area contributed by atoms with Gasteiger partial charge >= 0.3 is 0 Å². The Bertz CT molecular complexity index is 1120. The zero-order chi connectivity index (χ0) is 22.8. The molecule has 3 aromatic rings. The summed E-state index contributed by atoms with van der Waals surface area (Å²) in [5, 5.41) is 14.3. The van der Waals surface area contributed by atoms with Crippen LogP contribution in [0, 0.1) is 0 Å². The molecule has 32 heavy (non-hydrogen) atoms. The standard InChI is InChI=1S/C24H26N2O6/c1-14(27)23-21(22(25-32-23)15-5-7-18(29-2)8-6-15)24(28)26-10-9-16-11-19(30-3)20(31-4)12-17(16)13-26/h5-8,11-12,14,27H,9-10,13H2,1-4H3/t14-/m0/s1. The Morgan fingerprint density at radius 1 is 1.06 bits per heavy atom. The average molecular weight is 438 g/mol. The van der Waals surface area contributed by atoms with Crippen LogP contribution in [0.2, 0.25) is 0 Å². The maximum Gasteiger partial charge on any atom is 0.260 e. The minimum atomic E-state index is -0.977. The number of ether oxygens (including phenoxy) is 3. The van der Waals surface area contributed by atoms with E-state index in [0.29, 0.717) is 48.0 Å². The van der Waals surface area contributed by atoms with Crippen molar-refractivity contribution < 1.29 is 28.6 Å². The van der Waals surface area contributed by atoms with Gasteiger partial charge in [-0.15, -0.1) is 0 Å². The van der Waals surface area contributed by atoms with Crippen molar-refractivity contribution in [1.29, 1.82) is 0 Å². The van der Waals surface area contributed by atoms with Crippen LogP contribution in [0.25, 0.3) is 11.3 Å². The molecule has 1 N–H and O–H groups in total. The van der Waals surface area contributed by atoms with Gasteiger partial charge in [-0.05, 0) is 60.9 Å². The van der Waals surface area contributed by atoms with Crippen molar-refractivity contribution >= 4 is 5.91 Å². The quantitative estimate of drug-likeness (QED) is 0.628. The van der Waals surface area contributed by atoms with Gasteiger partial charge in [-0.1, -0.05) is 5.16 Å². The van der Waals surface area contributed by atoms with Gasteiger partial charge in [-0.2, -0.15) is 0 Å². The smallest absolute Gasteiger partial charge is 0.260 e. The van der Waals surface area contributed by atoms with Crippen molar-refractivity contribution in [1.82, 2.24) is 10.1 Å². The van der Waals surface area contributed by atoms with E-state index in [1.807, 2.05) is 24.3 Å². The Balaban J connectivity index is 1.69. The van der Waals surface area contributed by atoms with E-state index in [-0.39, 0.29) is 17.2 Å². The average Bonchev–Trinajstić information content (AvgIpc) is 3.27. The van der Waals surface area contributed by atoms with Crippen LogP contribution in [-0.2, 0) is 13.0 Å². The van der Waals surface area contributed by atoms with Crippen molar-refractivity contribution in [2.24, 2.45) is 0 Å². The molecule has 1 aromatic heterocycles. The highest BCUT2D eigenvalue weighted by molar-refractivity contribution is 6.01. The highest BCUT2D eigenvalue weighted by Gasteiger charge is 2.32. The molecule has 1 atom stereocenters. The monoisotopic (exact) mass is 438 g/mol. The van der Waals surface area contributed by atoms with Gasteiger partial charge in [0.1, 0.15) is 23.1 Å². The van der Waals surface area contributed by atoms with Crippen molar-refractivity contribution in [3.05, 3.63) is 58.8 Å². The van der Waals surface area contributed by atoms with Gasteiger partial charge in [0.15, 0.2) is 17.3 Å². The number of hydrogen-bond acceptors (Lipinski definition) is 7. The SMILES string of the molecule is COc1ccc(-c2noc([C@H](C)O)c2C(=O)N2CCc3cc(OC)c(OC)cc3C2)cc1. The van der Waals surface area contributed by atoms with E-state index in [1.54, 1.807) is 45.3 Å². The summed E-state index contributed by atoms with van der Waals surface area (Å²) in [6, 6.07) is 11.1. The van der Waals surface area contributed by atoms with Crippen molar-refractivity contribution in [3.8, 4) is 28.5 Å². The minimum Gasteiger partial charge on any atom is -0.497 e. The molecular weight excluding hydrogens is 412 g/mol. The number of carbonyl (C=O) groups excluding carboxylic acids is 1. The summed E-state index contributed by atoms with van der Waals surface area (Å²) in [5.74, 6) is 1.89. The summed E-state index contributed by atoms with van der Waals surface area (Å²) in [6.07, 6.45) is -0.302. The molecule has 0 spiro atoms. The van der Waals surface area contributed by atoms with Crippen LogP contribution in [0.5, 0.6) is 17.2 Å². The Hall–Kier alpha value is -3.52. The number of nitrogens with zero attached hydrogens (tertiary/aromatic N) is 2. The molecule has 1 aliphatic rings. The van der Waals surface area contributed by atoms with Gasteiger partial charge in [0.25, 0.3) is 5.91 Å². The number of carbonyl (C=O) groups is 1. The lowest BCUT2D eigenvalue weighted by Crippen LogP contribution is -2.36. The van der Waals surface area contributed by atoms with Crippen LogP contribution in [0.3, 0.4) is 0 Å². The third kappa shape index (κ3) is 3.89. The molecule has 1 aliphatic heterocycles. The van der Waals surface area contributed by atoms with Crippen LogP contribution >= 0.6 is 0 Å². The zero-order valence-electron chi connectivity index (χ0n) is 18.5. The Kier molecular flexibility index (Phi) is 6.05. The lowest BCUT2D eigenvalue weighted by Gasteiger charge is -2.30.